The molecule has 0 aliphatic carbocycles. The number of aromatic nitrogens is 3. The minimum Gasteiger partial charge on any atom is -0.475 e. The molecule has 0 aromatic carbocycles. The number of ether oxygens (including phenoxy) is 2. The maximum atomic E-state index is 13.2. The van der Waals surface area contributed by atoms with Gasteiger partial charge in [-0.3, -0.25) is 5.32 Å². The van der Waals surface area contributed by atoms with Crippen molar-refractivity contribution in [2.75, 3.05) is 32.2 Å². The van der Waals surface area contributed by atoms with E-state index in [-0.39, 0.29) is 6.03 Å². The summed E-state index contributed by atoms with van der Waals surface area (Å²) in [5.74, 6) is -0.210. The van der Waals surface area contributed by atoms with Gasteiger partial charge in [-0.15, -0.1) is 0 Å². The Morgan fingerprint density at radius 3 is 2.85 bits per heavy atom. The van der Waals surface area contributed by atoms with E-state index in [9.17, 15) is 9.18 Å². The minimum absolute atomic E-state index is 0.305. The molecule has 3 aromatic heterocycles. The molecule has 27 heavy (non-hydrogen) atoms. The molecule has 0 saturated heterocycles. The number of amides is 2. The summed E-state index contributed by atoms with van der Waals surface area (Å²) in [5.41, 5.74) is 1.86. The number of thiazole rings is 1. The van der Waals surface area contributed by atoms with Gasteiger partial charge in [-0.25, -0.2) is 19.7 Å². The van der Waals surface area contributed by atoms with Crippen LogP contribution in [0.2, 0.25) is 0 Å². The Labute approximate surface area is 158 Å². The van der Waals surface area contributed by atoms with Crippen molar-refractivity contribution in [1.29, 1.82) is 0 Å². The number of hydrogen-bond donors (Lipinski definition) is 2. The number of methoxy groups -OCH3 is 1. The van der Waals surface area contributed by atoms with Gasteiger partial charge in [0.05, 0.1) is 6.61 Å². The van der Waals surface area contributed by atoms with Crippen molar-refractivity contribution in [3.63, 3.8) is 0 Å². The molecule has 3 rings (SSSR count). The molecule has 0 aliphatic heterocycles. The van der Waals surface area contributed by atoms with Crippen LogP contribution in [0.3, 0.4) is 0 Å². The fraction of sp³-hybridized carbons (Fsp3) is 0.294. The third-order valence-electron chi connectivity index (χ3n) is 3.47. The maximum Gasteiger partial charge on any atom is 0.321 e. The van der Waals surface area contributed by atoms with Gasteiger partial charge in [0.15, 0.2) is 5.13 Å². The summed E-state index contributed by atoms with van der Waals surface area (Å²) in [6, 6.07) is 4.30. The molecule has 0 aliphatic rings. The fourth-order valence-electron chi connectivity index (χ4n) is 2.28. The van der Waals surface area contributed by atoms with Gasteiger partial charge in [0.2, 0.25) is 11.8 Å². The van der Waals surface area contributed by atoms with Crippen molar-refractivity contribution in [3.8, 4) is 17.0 Å². The lowest BCUT2D eigenvalue weighted by molar-refractivity contribution is 0.144. The van der Waals surface area contributed by atoms with Crippen LogP contribution in [-0.4, -0.2) is 47.9 Å². The monoisotopic (exact) mass is 391 g/mol. The highest BCUT2D eigenvalue weighted by molar-refractivity contribution is 7.22. The number of halogens is 1. The Bertz CT molecular complexity index is 932. The lowest BCUT2D eigenvalue weighted by Crippen LogP contribution is -2.28. The van der Waals surface area contributed by atoms with Crippen molar-refractivity contribution in [2.45, 2.75) is 6.92 Å². The Morgan fingerprint density at radius 2 is 2.15 bits per heavy atom. The van der Waals surface area contributed by atoms with Crippen LogP contribution in [0.25, 0.3) is 21.5 Å². The second-order valence-corrected chi connectivity index (χ2v) is 6.36. The number of carbonyl (C=O) groups excluding carboxylic acids is 1. The zero-order valence-electron chi connectivity index (χ0n) is 14.8. The van der Waals surface area contributed by atoms with Gasteiger partial charge < -0.3 is 14.8 Å². The van der Waals surface area contributed by atoms with Crippen LogP contribution in [0.15, 0.2) is 24.4 Å². The molecule has 0 fully saturated rings. The summed E-state index contributed by atoms with van der Waals surface area (Å²) < 4.78 is 23.9. The van der Waals surface area contributed by atoms with Gasteiger partial charge in [-0.2, -0.15) is 4.39 Å². The summed E-state index contributed by atoms with van der Waals surface area (Å²) in [7, 11) is 1.58. The third-order valence-corrected chi connectivity index (χ3v) is 4.35. The van der Waals surface area contributed by atoms with Crippen LogP contribution in [0, 0.1) is 5.95 Å². The molecular weight excluding hydrogens is 373 g/mol. The fourth-order valence-corrected chi connectivity index (χ4v) is 3.09. The maximum absolute atomic E-state index is 13.2. The second-order valence-electron chi connectivity index (χ2n) is 5.38. The molecular formula is C17H18FN5O3S. The van der Waals surface area contributed by atoms with Crippen LogP contribution in [0.5, 0.6) is 5.88 Å². The van der Waals surface area contributed by atoms with Gasteiger partial charge in [0.25, 0.3) is 0 Å². The zero-order chi connectivity index (χ0) is 19.2. The molecule has 0 radical (unpaired) electrons. The van der Waals surface area contributed by atoms with E-state index in [1.54, 1.807) is 19.2 Å². The largest absolute Gasteiger partial charge is 0.475 e. The summed E-state index contributed by atoms with van der Waals surface area (Å²) >= 11 is 1.23. The minimum atomic E-state index is -0.572. The molecule has 0 spiro atoms. The van der Waals surface area contributed by atoms with Gasteiger partial charge in [0, 0.05) is 31.0 Å². The van der Waals surface area contributed by atoms with Gasteiger partial charge in [0.1, 0.15) is 17.0 Å². The van der Waals surface area contributed by atoms with E-state index in [1.807, 2.05) is 6.92 Å². The first-order valence-corrected chi connectivity index (χ1v) is 9.02. The SMILES string of the molecule is CCNC(=O)Nc1nc2cc(-c3ccc(F)nc3)c(OCCOC)nc2s1. The quantitative estimate of drug-likeness (QED) is 0.474. The molecule has 142 valence electrons. The molecule has 10 heteroatoms. The lowest BCUT2D eigenvalue weighted by atomic mass is 10.1. The topological polar surface area (TPSA) is 98.3 Å². The van der Waals surface area contributed by atoms with E-state index in [0.717, 1.165) is 0 Å². The Balaban J connectivity index is 1.98. The van der Waals surface area contributed by atoms with Gasteiger partial charge >= 0.3 is 6.03 Å². The molecule has 3 heterocycles. The number of anilines is 1. The third kappa shape index (κ3) is 4.66. The van der Waals surface area contributed by atoms with E-state index in [4.69, 9.17) is 9.47 Å². The first-order chi connectivity index (χ1) is 13.1. The number of pyridine rings is 2. The number of nitrogens with zero attached hydrogens (tertiary/aromatic N) is 3. The normalized spacial score (nSPS) is 10.8. The van der Waals surface area contributed by atoms with Crippen LogP contribution >= 0.6 is 11.3 Å². The molecule has 2 amide bonds. The molecule has 8 nitrogen and oxygen atoms in total. The highest BCUT2D eigenvalue weighted by atomic mass is 32.1. The van der Waals surface area contributed by atoms with E-state index in [0.29, 0.717) is 52.2 Å². The Hall–Kier alpha value is -2.85. The van der Waals surface area contributed by atoms with Crippen molar-refractivity contribution >= 4 is 32.8 Å². The predicted molar refractivity (Wildman–Crippen MR) is 101 cm³/mol. The number of hydrogen-bond acceptors (Lipinski definition) is 7. The van der Waals surface area contributed by atoms with Crippen LogP contribution in [0.4, 0.5) is 14.3 Å². The molecule has 2 N–H and O–H groups in total. The van der Waals surface area contributed by atoms with Crippen LogP contribution < -0.4 is 15.4 Å². The van der Waals surface area contributed by atoms with Gasteiger partial charge in [-0.05, 0) is 25.1 Å². The highest BCUT2D eigenvalue weighted by Crippen LogP contribution is 2.34. The number of carbonyl (C=O) groups is 1. The molecule has 0 bridgehead atoms. The van der Waals surface area contributed by atoms with E-state index < -0.39 is 5.95 Å². The average molecular weight is 391 g/mol. The second kappa shape index (κ2) is 8.69. The van der Waals surface area contributed by atoms with Crippen molar-refractivity contribution in [3.05, 3.63) is 30.3 Å². The molecule has 0 saturated carbocycles. The Morgan fingerprint density at radius 1 is 1.30 bits per heavy atom. The number of rotatable bonds is 7. The molecule has 3 aromatic rings. The summed E-state index contributed by atoms with van der Waals surface area (Å²) in [4.78, 5) is 24.9. The highest BCUT2D eigenvalue weighted by Gasteiger charge is 2.15. The molecule has 0 unspecified atom stereocenters. The zero-order valence-corrected chi connectivity index (χ0v) is 15.6. The number of nitrogens with one attached hydrogen (secondary N) is 2. The standard InChI is InChI=1S/C17H18FN5O3S/c1-3-19-16(24)23-17-21-12-8-11(10-4-5-13(18)20-9-10)14(22-15(12)27-17)26-7-6-25-2/h4-5,8-9H,3,6-7H2,1-2H3,(H2,19,21,23,24). The number of urea groups is 1. The summed E-state index contributed by atoms with van der Waals surface area (Å²) in [5, 5.41) is 5.72. The van der Waals surface area contributed by atoms with E-state index in [1.165, 1.54) is 23.6 Å². The van der Waals surface area contributed by atoms with Crippen LogP contribution in [-0.2, 0) is 4.74 Å². The van der Waals surface area contributed by atoms with Crippen molar-refractivity contribution in [2.24, 2.45) is 0 Å². The van der Waals surface area contributed by atoms with Crippen LogP contribution in [0.1, 0.15) is 6.92 Å². The first-order valence-electron chi connectivity index (χ1n) is 8.20. The lowest BCUT2D eigenvalue weighted by Gasteiger charge is -2.10. The summed E-state index contributed by atoms with van der Waals surface area (Å²) in [6.45, 7) is 3.03. The predicted octanol–water partition coefficient (Wildman–Crippen LogP) is 3.06. The van der Waals surface area contributed by atoms with E-state index in [2.05, 4.69) is 25.6 Å². The van der Waals surface area contributed by atoms with Crippen molar-refractivity contribution in [1.82, 2.24) is 20.3 Å². The first kappa shape index (κ1) is 18.9. The average Bonchev–Trinajstić information content (AvgIpc) is 3.03. The molecule has 0 atom stereocenters. The summed E-state index contributed by atoms with van der Waals surface area (Å²) in [6.07, 6.45) is 1.40. The number of fused-ring (bicyclic) bond motifs is 1. The van der Waals surface area contributed by atoms with E-state index >= 15 is 0 Å². The Kier molecular flexibility index (Phi) is 6.09. The smallest absolute Gasteiger partial charge is 0.321 e. The van der Waals surface area contributed by atoms with Gasteiger partial charge in [-0.1, -0.05) is 11.3 Å². The van der Waals surface area contributed by atoms with Crippen molar-refractivity contribution < 1.29 is 18.7 Å².